The van der Waals surface area contributed by atoms with E-state index in [2.05, 4.69) is 12.2 Å². The van der Waals surface area contributed by atoms with Gasteiger partial charge in [-0.25, -0.2) is 0 Å². The second kappa shape index (κ2) is 6.98. The molecule has 0 radical (unpaired) electrons. The van der Waals surface area contributed by atoms with Gasteiger partial charge >= 0.3 is 5.97 Å². The lowest BCUT2D eigenvalue weighted by molar-refractivity contribution is -0.139. The van der Waals surface area contributed by atoms with Crippen molar-refractivity contribution in [3.63, 3.8) is 0 Å². The number of benzene rings is 1. The van der Waals surface area contributed by atoms with Crippen molar-refractivity contribution in [3.05, 3.63) is 35.4 Å². The Labute approximate surface area is 129 Å². The molecule has 0 unspecified atom stereocenters. The first kappa shape index (κ1) is 15.9. The van der Waals surface area contributed by atoms with E-state index in [1.54, 1.807) is 0 Å². The van der Waals surface area contributed by atoms with Crippen LogP contribution in [0.4, 0.5) is 0 Å². The maximum atomic E-state index is 12.3. The molecule has 4 nitrogen and oxygen atoms in total. The van der Waals surface area contributed by atoms with Crippen molar-refractivity contribution in [1.82, 2.24) is 5.32 Å². The quantitative estimate of drug-likeness (QED) is 0.812. The Hall–Kier alpha value is -1.49. The monoisotopic (exact) mass is 307 g/mol. The van der Waals surface area contributed by atoms with Crippen LogP contribution in [-0.4, -0.2) is 28.3 Å². The van der Waals surface area contributed by atoms with Crippen molar-refractivity contribution < 1.29 is 14.7 Å². The third-order valence-corrected chi connectivity index (χ3v) is 4.81. The first-order chi connectivity index (χ1) is 10.0. The topological polar surface area (TPSA) is 66.4 Å². The third kappa shape index (κ3) is 4.24. The molecular weight excluding hydrogens is 286 g/mol. The summed E-state index contributed by atoms with van der Waals surface area (Å²) in [7, 11) is 0. The molecule has 0 aliphatic heterocycles. The van der Waals surface area contributed by atoms with Crippen LogP contribution in [0, 0.1) is 0 Å². The van der Waals surface area contributed by atoms with Gasteiger partial charge in [-0.05, 0) is 42.7 Å². The van der Waals surface area contributed by atoms with Gasteiger partial charge in [0.2, 0.25) is 0 Å². The average molecular weight is 307 g/mol. The highest BCUT2D eigenvalue weighted by molar-refractivity contribution is 7.98. The van der Waals surface area contributed by atoms with Crippen LogP contribution in [0.15, 0.2) is 24.3 Å². The molecule has 0 heterocycles. The van der Waals surface area contributed by atoms with Gasteiger partial charge < -0.3 is 10.4 Å². The first-order valence-electron chi connectivity index (χ1n) is 7.26. The highest BCUT2D eigenvalue weighted by Gasteiger charge is 2.40. The van der Waals surface area contributed by atoms with Crippen LogP contribution in [0.5, 0.6) is 0 Å². The molecule has 0 aromatic heterocycles. The number of thioether (sulfide) groups is 1. The van der Waals surface area contributed by atoms with Crippen LogP contribution in [0.2, 0.25) is 0 Å². The van der Waals surface area contributed by atoms with Crippen LogP contribution >= 0.6 is 11.8 Å². The summed E-state index contributed by atoms with van der Waals surface area (Å²) in [5.74, 6) is 0.981. The lowest BCUT2D eigenvalue weighted by Crippen LogP contribution is -2.54. The molecule has 1 amide bonds. The Kier molecular flexibility index (Phi) is 5.28. The van der Waals surface area contributed by atoms with E-state index in [4.69, 9.17) is 5.11 Å². The molecule has 1 aliphatic rings. The van der Waals surface area contributed by atoms with E-state index >= 15 is 0 Å². The second-order valence-corrected chi connectivity index (χ2v) is 6.77. The molecule has 21 heavy (non-hydrogen) atoms. The van der Waals surface area contributed by atoms with Gasteiger partial charge in [0, 0.05) is 11.3 Å². The van der Waals surface area contributed by atoms with Crippen molar-refractivity contribution in [1.29, 1.82) is 0 Å². The molecule has 0 bridgehead atoms. The number of carbonyl (C=O) groups is 2. The summed E-state index contributed by atoms with van der Waals surface area (Å²) >= 11 is 1.84. The van der Waals surface area contributed by atoms with Crippen LogP contribution in [0.1, 0.15) is 48.5 Å². The zero-order valence-electron chi connectivity index (χ0n) is 12.2. The van der Waals surface area contributed by atoms with Gasteiger partial charge in [0.05, 0.1) is 12.0 Å². The van der Waals surface area contributed by atoms with Gasteiger partial charge in [0.1, 0.15) is 0 Å². The zero-order chi connectivity index (χ0) is 15.3. The molecule has 1 aromatic carbocycles. The summed E-state index contributed by atoms with van der Waals surface area (Å²) in [4.78, 5) is 23.2. The lowest BCUT2D eigenvalue weighted by Gasteiger charge is -2.41. The van der Waals surface area contributed by atoms with Crippen molar-refractivity contribution in [2.75, 3.05) is 5.75 Å². The highest BCUT2D eigenvalue weighted by Crippen LogP contribution is 2.35. The minimum absolute atomic E-state index is 0.00393. The predicted molar refractivity (Wildman–Crippen MR) is 84.6 cm³/mol. The van der Waals surface area contributed by atoms with Gasteiger partial charge in [-0.3, -0.25) is 9.59 Å². The SMILES string of the molecule is CCSCc1ccc(C(=O)NC2(CC(=O)O)CCC2)cc1. The predicted octanol–water partition coefficient (Wildman–Crippen LogP) is 3.07. The summed E-state index contributed by atoms with van der Waals surface area (Å²) in [6.07, 6.45) is 2.47. The summed E-state index contributed by atoms with van der Waals surface area (Å²) in [6.45, 7) is 2.12. The summed E-state index contributed by atoms with van der Waals surface area (Å²) in [5.41, 5.74) is 1.25. The van der Waals surface area contributed by atoms with E-state index in [-0.39, 0.29) is 12.3 Å². The summed E-state index contributed by atoms with van der Waals surface area (Å²) in [6, 6.07) is 7.55. The molecule has 1 saturated carbocycles. The number of nitrogens with one attached hydrogen (secondary N) is 1. The van der Waals surface area contributed by atoms with Crippen molar-refractivity contribution in [2.24, 2.45) is 0 Å². The molecule has 0 saturated heterocycles. The molecule has 2 rings (SSSR count). The van der Waals surface area contributed by atoms with Gasteiger partial charge in [-0.1, -0.05) is 19.1 Å². The number of aliphatic carboxylic acids is 1. The molecule has 1 aliphatic carbocycles. The zero-order valence-corrected chi connectivity index (χ0v) is 13.0. The molecule has 2 N–H and O–H groups in total. The fourth-order valence-corrected chi connectivity index (χ4v) is 3.16. The van der Waals surface area contributed by atoms with Gasteiger partial charge in [-0.2, -0.15) is 11.8 Å². The standard InChI is InChI=1S/C16H21NO3S/c1-2-21-11-12-4-6-13(7-5-12)15(20)17-16(8-3-9-16)10-14(18)19/h4-7H,2-3,8-11H2,1H3,(H,17,20)(H,18,19). The number of rotatable bonds is 7. The molecule has 5 heteroatoms. The Bertz CT molecular complexity index is 509. The van der Waals surface area contributed by atoms with Crippen molar-refractivity contribution in [2.45, 2.75) is 43.9 Å². The smallest absolute Gasteiger partial charge is 0.305 e. The van der Waals surface area contributed by atoms with E-state index in [9.17, 15) is 9.59 Å². The molecule has 0 atom stereocenters. The van der Waals surface area contributed by atoms with Crippen LogP contribution in [0.3, 0.4) is 0 Å². The van der Waals surface area contributed by atoms with E-state index in [0.29, 0.717) is 5.56 Å². The second-order valence-electron chi connectivity index (χ2n) is 5.49. The van der Waals surface area contributed by atoms with Gasteiger partial charge in [-0.15, -0.1) is 0 Å². The first-order valence-corrected chi connectivity index (χ1v) is 8.41. The molecule has 0 spiro atoms. The van der Waals surface area contributed by atoms with Crippen molar-refractivity contribution in [3.8, 4) is 0 Å². The Balaban J connectivity index is 1.97. The van der Waals surface area contributed by atoms with E-state index in [1.165, 1.54) is 5.56 Å². The van der Waals surface area contributed by atoms with E-state index < -0.39 is 11.5 Å². The van der Waals surface area contributed by atoms with Gasteiger partial charge in [0.15, 0.2) is 0 Å². The Morgan fingerprint density at radius 3 is 2.43 bits per heavy atom. The minimum Gasteiger partial charge on any atom is -0.481 e. The molecule has 1 aromatic rings. The molecular formula is C16H21NO3S. The Morgan fingerprint density at radius 2 is 1.95 bits per heavy atom. The Morgan fingerprint density at radius 1 is 1.29 bits per heavy atom. The fraction of sp³-hybridized carbons (Fsp3) is 0.500. The normalized spacial score (nSPS) is 16.0. The number of carboxylic acids is 1. The number of carbonyl (C=O) groups excluding carboxylic acids is 1. The maximum absolute atomic E-state index is 12.3. The van der Waals surface area contributed by atoms with Gasteiger partial charge in [0.25, 0.3) is 5.91 Å². The largest absolute Gasteiger partial charge is 0.481 e. The number of hydrogen-bond acceptors (Lipinski definition) is 3. The summed E-state index contributed by atoms with van der Waals surface area (Å²) < 4.78 is 0. The van der Waals surface area contributed by atoms with Crippen LogP contribution in [0.25, 0.3) is 0 Å². The molecule has 1 fully saturated rings. The molecule has 114 valence electrons. The van der Waals surface area contributed by atoms with Crippen LogP contribution in [-0.2, 0) is 10.5 Å². The van der Waals surface area contributed by atoms with E-state index in [1.807, 2.05) is 36.0 Å². The summed E-state index contributed by atoms with van der Waals surface area (Å²) in [5, 5.41) is 11.9. The number of hydrogen-bond donors (Lipinski definition) is 2. The maximum Gasteiger partial charge on any atom is 0.305 e. The third-order valence-electron chi connectivity index (χ3n) is 3.87. The number of carboxylic acid groups (broad SMARTS) is 1. The van der Waals surface area contributed by atoms with E-state index in [0.717, 1.165) is 30.8 Å². The van der Waals surface area contributed by atoms with Crippen LogP contribution < -0.4 is 5.32 Å². The van der Waals surface area contributed by atoms with Crippen molar-refractivity contribution >= 4 is 23.6 Å². The number of amides is 1. The minimum atomic E-state index is -0.859. The lowest BCUT2D eigenvalue weighted by atomic mass is 9.74. The average Bonchev–Trinajstić information content (AvgIpc) is 2.42. The highest BCUT2D eigenvalue weighted by atomic mass is 32.2. The fourth-order valence-electron chi connectivity index (χ4n) is 2.52.